The van der Waals surface area contributed by atoms with Gasteiger partial charge in [0.25, 0.3) is 5.56 Å². The van der Waals surface area contributed by atoms with Crippen molar-refractivity contribution in [3.05, 3.63) is 75.8 Å². The molecule has 0 radical (unpaired) electrons. The second-order valence-electron chi connectivity index (χ2n) is 10.2. The van der Waals surface area contributed by atoms with Crippen molar-refractivity contribution in [3.8, 4) is 11.5 Å². The lowest BCUT2D eigenvalue weighted by atomic mass is 10.0. The Labute approximate surface area is 216 Å². The maximum absolute atomic E-state index is 13.2. The third-order valence-electron chi connectivity index (χ3n) is 7.38. The minimum absolute atomic E-state index is 0.0589. The molecule has 2 aromatic heterocycles. The van der Waals surface area contributed by atoms with E-state index in [2.05, 4.69) is 77.4 Å². The fourth-order valence-corrected chi connectivity index (χ4v) is 4.83. The fraction of sp³-hybridized carbons (Fsp3) is 0.429. The summed E-state index contributed by atoms with van der Waals surface area (Å²) in [5.74, 6) is 2.17. The van der Waals surface area contributed by atoms with Gasteiger partial charge >= 0.3 is 0 Å². The quantitative estimate of drug-likeness (QED) is 0.339. The van der Waals surface area contributed by atoms with E-state index < -0.39 is 0 Å². The van der Waals surface area contributed by atoms with Gasteiger partial charge in [-0.15, -0.1) is 5.10 Å². The van der Waals surface area contributed by atoms with Crippen molar-refractivity contribution in [1.29, 1.82) is 0 Å². The standard InChI is InChI=1S/C28H34N6O3/c1-5-23(26-30-31-32-34(26)28(3,4)6-2)33(13-12-19-10-8-7-9-11-19)17-21-14-20-15-24-25(37-18-36-24)16-22(20)29-27(21)35/h7-11,14-16,23H,5-6,12-13,17-18H2,1-4H3,(H,29,35)/t23-/m1/s1. The normalized spacial score (nSPS) is 14.0. The number of rotatable bonds is 10. The molecule has 0 saturated carbocycles. The van der Waals surface area contributed by atoms with Crippen LogP contribution >= 0.6 is 0 Å². The zero-order valence-electron chi connectivity index (χ0n) is 21.9. The van der Waals surface area contributed by atoms with Crippen molar-refractivity contribution in [2.75, 3.05) is 13.3 Å². The van der Waals surface area contributed by atoms with Crippen molar-refractivity contribution in [3.63, 3.8) is 0 Å². The molecule has 4 aromatic rings. The number of aromatic amines is 1. The molecule has 1 aliphatic heterocycles. The number of fused-ring (bicyclic) bond motifs is 2. The maximum Gasteiger partial charge on any atom is 0.252 e. The van der Waals surface area contributed by atoms with Gasteiger partial charge in [0.05, 0.1) is 17.1 Å². The summed E-state index contributed by atoms with van der Waals surface area (Å²) in [6.45, 7) is 9.98. The van der Waals surface area contributed by atoms with Crippen LogP contribution in [0.1, 0.15) is 63.5 Å². The minimum Gasteiger partial charge on any atom is -0.454 e. The molecule has 9 heteroatoms. The average Bonchev–Trinajstić information content (AvgIpc) is 3.57. The Morgan fingerprint density at radius 3 is 2.59 bits per heavy atom. The highest BCUT2D eigenvalue weighted by Crippen LogP contribution is 2.35. The second-order valence-corrected chi connectivity index (χ2v) is 10.2. The van der Waals surface area contributed by atoms with Gasteiger partial charge in [-0.2, -0.15) is 0 Å². The van der Waals surface area contributed by atoms with Crippen molar-refractivity contribution >= 4 is 10.9 Å². The lowest BCUT2D eigenvalue weighted by Gasteiger charge is -2.33. The van der Waals surface area contributed by atoms with Crippen LogP contribution in [0.2, 0.25) is 0 Å². The van der Waals surface area contributed by atoms with E-state index in [9.17, 15) is 4.79 Å². The van der Waals surface area contributed by atoms with Gasteiger partial charge in [0, 0.05) is 30.1 Å². The molecule has 0 spiro atoms. The first kappa shape index (κ1) is 25.0. The largest absolute Gasteiger partial charge is 0.454 e. The SMILES string of the molecule is CC[C@H](c1nnnn1C(C)(C)CC)N(CCc1ccccc1)Cc1cc2cc3c(cc2[nH]c1=O)OCO3. The van der Waals surface area contributed by atoms with E-state index in [1.165, 1.54) is 5.56 Å². The summed E-state index contributed by atoms with van der Waals surface area (Å²) >= 11 is 0. The van der Waals surface area contributed by atoms with E-state index in [4.69, 9.17) is 9.47 Å². The number of aromatic nitrogens is 5. The van der Waals surface area contributed by atoms with Gasteiger partial charge in [-0.3, -0.25) is 9.69 Å². The van der Waals surface area contributed by atoms with Crippen LogP contribution in [-0.2, 0) is 18.5 Å². The highest BCUT2D eigenvalue weighted by molar-refractivity contribution is 5.83. The summed E-state index contributed by atoms with van der Waals surface area (Å²) in [6.07, 6.45) is 2.55. The zero-order valence-corrected chi connectivity index (χ0v) is 21.9. The van der Waals surface area contributed by atoms with E-state index in [1.807, 2.05) is 28.9 Å². The van der Waals surface area contributed by atoms with Crippen LogP contribution in [-0.4, -0.2) is 43.4 Å². The van der Waals surface area contributed by atoms with Crippen molar-refractivity contribution in [1.82, 2.24) is 30.1 Å². The van der Waals surface area contributed by atoms with Gasteiger partial charge in [0.1, 0.15) is 0 Å². The lowest BCUT2D eigenvalue weighted by molar-refractivity contribution is 0.160. The maximum atomic E-state index is 13.2. The molecule has 5 rings (SSSR count). The molecule has 9 nitrogen and oxygen atoms in total. The highest BCUT2D eigenvalue weighted by Gasteiger charge is 2.31. The topological polar surface area (TPSA) is 98.2 Å². The first-order valence-electron chi connectivity index (χ1n) is 12.9. The molecule has 1 N–H and O–H groups in total. The number of hydrogen-bond acceptors (Lipinski definition) is 7. The van der Waals surface area contributed by atoms with E-state index in [-0.39, 0.29) is 23.9 Å². The molecule has 0 saturated heterocycles. The molecule has 0 amide bonds. The van der Waals surface area contributed by atoms with E-state index in [0.29, 0.717) is 23.6 Å². The van der Waals surface area contributed by atoms with Gasteiger partial charge < -0.3 is 14.5 Å². The number of nitrogens with one attached hydrogen (secondary N) is 1. The number of hydrogen-bond donors (Lipinski definition) is 1. The first-order valence-corrected chi connectivity index (χ1v) is 12.9. The van der Waals surface area contributed by atoms with Crippen molar-refractivity contribution in [2.45, 2.75) is 65.1 Å². The molecule has 3 heterocycles. The molecule has 37 heavy (non-hydrogen) atoms. The van der Waals surface area contributed by atoms with E-state index >= 15 is 0 Å². The van der Waals surface area contributed by atoms with Crippen LogP contribution < -0.4 is 15.0 Å². The molecular formula is C28H34N6O3. The van der Waals surface area contributed by atoms with Crippen LogP contribution in [0.5, 0.6) is 11.5 Å². The number of tetrazole rings is 1. The molecule has 2 aromatic carbocycles. The molecule has 1 atom stereocenters. The summed E-state index contributed by atoms with van der Waals surface area (Å²) in [7, 11) is 0. The van der Waals surface area contributed by atoms with Gasteiger partial charge in [0.2, 0.25) is 6.79 Å². The van der Waals surface area contributed by atoms with Crippen LogP contribution in [0, 0.1) is 0 Å². The molecule has 0 bridgehead atoms. The van der Waals surface area contributed by atoms with E-state index in [0.717, 1.165) is 42.5 Å². The third-order valence-corrected chi connectivity index (χ3v) is 7.38. The number of ether oxygens (including phenoxy) is 2. The number of pyridine rings is 1. The molecule has 0 aliphatic carbocycles. The molecule has 1 aliphatic rings. The summed E-state index contributed by atoms with van der Waals surface area (Å²) < 4.78 is 13.0. The molecule has 194 valence electrons. The van der Waals surface area contributed by atoms with Crippen LogP contribution in [0.15, 0.2) is 53.3 Å². The number of nitrogens with zero attached hydrogens (tertiary/aromatic N) is 5. The highest BCUT2D eigenvalue weighted by atomic mass is 16.7. The Morgan fingerprint density at radius 1 is 1.11 bits per heavy atom. The van der Waals surface area contributed by atoms with Gasteiger partial charge in [-0.05, 0) is 61.2 Å². The summed E-state index contributed by atoms with van der Waals surface area (Å²) in [6, 6.07) is 16.0. The monoisotopic (exact) mass is 502 g/mol. The van der Waals surface area contributed by atoms with Crippen LogP contribution in [0.3, 0.4) is 0 Å². The Balaban J connectivity index is 1.51. The van der Waals surface area contributed by atoms with E-state index in [1.54, 1.807) is 0 Å². The van der Waals surface area contributed by atoms with Crippen LogP contribution in [0.25, 0.3) is 10.9 Å². The van der Waals surface area contributed by atoms with Crippen molar-refractivity contribution < 1.29 is 9.47 Å². The minimum atomic E-state index is -0.222. The lowest BCUT2D eigenvalue weighted by Crippen LogP contribution is -2.37. The Hall–Kier alpha value is -3.72. The predicted octanol–water partition coefficient (Wildman–Crippen LogP) is 4.58. The third kappa shape index (κ3) is 5.09. The smallest absolute Gasteiger partial charge is 0.252 e. The Kier molecular flexibility index (Phi) is 6.97. The number of benzene rings is 2. The molecule has 0 fully saturated rings. The summed E-state index contributed by atoms with van der Waals surface area (Å²) in [5.41, 5.74) is 2.33. The summed E-state index contributed by atoms with van der Waals surface area (Å²) in [5, 5.41) is 13.8. The predicted molar refractivity (Wildman–Crippen MR) is 142 cm³/mol. The molecular weight excluding hydrogens is 468 g/mol. The second kappa shape index (κ2) is 10.3. The number of H-pyrrole nitrogens is 1. The zero-order chi connectivity index (χ0) is 26.0. The Morgan fingerprint density at radius 2 is 1.86 bits per heavy atom. The van der Waals surface area contributed by atoms with Gasteiger partial charge in [-0.1, -0.05) is 44.2 Å². The Bertz CT molecular complexity index is 1430. The first-order chi connectivity index (χ1) is 17.9. The summed E-state index contributed by atoms with van der Waals surface area (Å²) in [4.78, 5) is 18.6. The van der Waals surface area contributed by atoms with Crippen LogP contribution in [0.4, 0.5) is 0 Å². The fourth-order valence-electron chi connectivity index (χ4n) is 4.83. The average molecular weight is 503 g/mol. The molecule has 0 unspecified atom stereocenters. The van der Waals surface area contributed by atoms with Crippen molar-refractivity contribution in [2.24, 2.45) is 0 Å². The van der Waals surface area contributed by atoms with Gasteiger partial charge in [-0.25, -0.2) is 4.68 Å². The van der Waals surface area contributed by atoms with Gasteiger partial charge in [0.15, 0.2) is 17.3 Å².